The summed E-state index contributed by atoms with van der Waals surface area (Å²) < 4.78 is 6.85. The first-order valence-electron chi connectivity index (χ1n) is 8.39. The van der Waals surface area contributed by atoms with Gasteiger partial charge in [-0.3, -0.25) is 14.6 Å². The van der Waals surface area contributed by atoms with Crippen LogP contribution in [0.3, 0.4) is 0 Å². The Morgan fingerprint density at radius 3 is 2.79 bits per heavy atom. The van der Waals surface area contributed by atoms with Crippen molar-refractivity contribution in [1.29, 1.82) is 0 Å². The van der Waals surface area contributed by atoms with Crippen molar-refractivity contribution in [2.24, 2.45) is 0 Å². The Morgan fingerprint density at radius 2 is 2.04 bits per heavy atom. The van der Waals surface area contributed by atoms with Gasteiger partial charge in [-0.1, -0.05) is 0 Å². The van der Waals surface area contributed by atoms with Crippen LogP contribution in [0.2, 0.25) is 0 Å². The number of aliphatic hydroxyl groups is 3. The number of fused-ring (bicyclic) bond motifs is 2. The fourth-order valence-corrected chi connectivity index (χ4v) is 2.94. The molecule has 1 fully saturated rings. The third-order valence-electron chi connectivity index (χ3n) is 4.39. The predicted molar refractivity (Wildman–Crippen MR) is 96.6 cm³/mol. The molecule has 1 aliphatic rings. The molecule has 146 valence electrons. The first-order valence-corrected chi connectivity index (χ1v) is 8.39. The number of ether oxygens (including phenoxy) is 1. The van der Waals surface area contributed by atoms with Gasteiger partial charge >= 0.3 is 0 Å². The summed E-state index contributed by atoms with van der Waals surface area (Å²) in [4.78, 5) is 15.9. The monoisotopic (exact) mass is 386 g/mol. The number of pyridine rings is 1. The van der Waals surface area contributed by atoms with Crippen LogP contribution in [-0.4, -0.2) is 74.9 Å². The van der Waals surface area contributed by atoms with Crippen LogP contribution in [0.4, 0.5) is 5.82 Å². The lowest BCUT2D eigenvalue weighted by Crippen LogP contribution is -2.33. The first kappa shape index (κ1) is 18.2. The quantitative estimate of drug-likeness (QED) is 0.286. The lowest BCUT2D eigenvalue weighted by molar-refractivity contribution is -0.0511. The zero-order valence-electron chi connectivity index (χ0n) is 14.5. The predicted octanol–water partition coefficient (Wildman–Crippen LogP) is -1.02. The van der Waals surface area contributed by atoms with E-state index in [1.165, 1.54) is 17.2 Å². The minimum atomic E-state index is -1.19. The molecule has 1 aliphatic heterocycles. The molecule has 4 atom stereocenters. The normalized spacial score (nSPS) is 24.4. The second kappa shape index (κ2) is 7.44. The molecule has 4 aromatic heterocycles. The molecule has 5 rings (SSSR count). The van der Waals surface area contributed by atoms with Crippen LogP contribution in [0.5, 0.6) is 0 Å². The summed E-state index contributed by atoms with van der Waals surface area (Å²) in [6.45, 7) is -0.390. The van der Waals surface area contributed by atoms with Crippen LogP contribution < -0.4 is 5.73 Å². The van der Waals surface area contributed by atoms with E-state index in [1.54, 1.807) is 12.4 Å². The summed E-state index contributed by atoms with van der Waals surface area (Å²) in [6, 6.07) is 3.82. The molecule has 0 bridgehead atoms. The standard InChI is InChI=1S/C10H13N5O4.C6H5N3/c11-8-5-9(13-2-12-8)15(3-14-5)10-7(18)6(17)4(1-16)19-10;1-2-5-6(7-3-1)4-8-9-5/h2-4,6-7,10,16-18H,1H2,(H2,11,12,13);1-4H,(H,8,9)/t4-,6-,7-,10-;/m1./s1. The minimum absolute atomic E-state index is 0.218. The van der Waals surface area contributed by atoms with Gasteiger partial charge in [-0.05, 0) is 12.1 Å². The molecule has 6 N–H and O–H groups in total. The van der Waals surface area contributed by atoms with Gasteiger partial charge in [0.2, 0.25) is 0 Å². The molecule has 0 amide bonds. The van der Waals surface area contributed by atoms with Crippen LogP contribution in [0.15, 0.2) is 37.2 Å². The van der Waals surface area contributed by atoms with E-state index in [1.807, 2.05) is 12.1 Å². The van der Waals surface area contributed by atoms with Gasteiger partial charge in [-0.2, -0.15) is 5.10 Å². The molecule has 1 saturated heterocycles. The number of rotatable bonds is 2. The number of aromatic nitrogens is 7. The van der Waals surface area contributed by atoms with Crippen molar-refractivity contribution in [1.82, 2.24) is 34.7 Å². The highest BCUT2D eigenvalue weighted by Crippen LogP contribution is 2.31. The molecule has 0 spiro atoms. The number of imidazole rings is 1. The third kappa shape index (κ3) is 3.14. The topological polar surface area (TPSA) is 181 Å². The number of H-pyrrole nitrogens is 1. The van der Waals surface area contributed by atoms with E-state index >= 15 is 0 Å². The Labute approximate surface area is 157 Å². The Morgan fingerprint density at radius 1 is 1.18 bits per heavy atom. The van der Waals surface area contributed by atoms with Crippen LogP contribution in [0.25, 0.3) is 22.2 Å². The van der Waals surface area contributed by atoms with E-state index in [2.05, 4.69) is 30.1 Å². The van der Waals surface area contributed by atoms with E-state index in [0.29, 0.717) is 11.2 Å². The summed E-state index contributed by atoms with van der Waals surface area (Å²) in [6.07, 6.45) is 2.03. The first-order chi connectivity index (χ1) is 13.6. The lowest BCUT2D eigenvalue weighted by atomic mass is 10.1. The molecule has 12 heteroatoms. The van der Waals surface area contributed by atoms with Gasteiger partial charge < -0.3 is 25.8 Å². The van der Waals surface area contributed by atoms with Gasteiger partial charge in [-0.25, -0.2) is 15.0 Å². The smallest absolute Gasteiger partial charge is 0.167 e. The average molecular weight is 386 g/mol. The number of nitrogens with zero attached hydrogens (tertiary/aromatic N) is 6. The summed E-state index contributed by atoms with van der Waals surface area (Å²) >= 11 is 0. The van der Waals surface area contributed by atoms with Crippen molar-refractivity contribution in [3.05, 3.63) is 37.2 Å². The van der Waals surface area contributed by atoms with Crippen molar-refractivity contribution in [2.75, 3.05) is 12.3 Å². The number of nitrogens with one attached hydrogen (secondary N) is 1. The lowest BCUT2D eigenvalue weighted by Gasteiger charge is -2.16. The van der Waals surface area contributed by atoms with Crippen molar-refractivity contribution in [3.63, 3.8) is 0 Å². The highest BCUT2D eigenvalue weighted by atomic mass is 16.6. The van der Waals surface area contributed by atoms with E-state index in [-0.39, 0.29) is 5.82 Å². The van der Waals surface area contributed by atoms with Gasteiger partial charge in [0.05, 0.1) is 24.6 Å². The molecule has 0 unspecified atom stereocenters. The fourth-order valence-electron chi connectivity index (χ4n) is 2.94. The highest BCUT2D eigenvalue weighted by molar-refractivity contribution is 5.81. The minimum Gasteiger partial charge on any atom is -0.394 e. The average Bonchev–Trinajstić information content (AvgIpc) is 3.42. The molecule has 0 aliphatic carbocycles. The molecule has 12 nitrogen and oxygen atoms in total. The molecular formula is C16H18N8O4. The maximum absolute atomic E-state index is 9.95. The second-order valence-electron chi connectivity index (χ2n) is 6.12. The molecule has 28 heavy (non-hydrogen) atoms. The molecule has 0 radical (unpaired) electrons. The van der Waals surface area contributed by atoms with Gasteiger partial charge in [0.25, 0.3) is 0 Å². The fraction of sp³-hybridized carbons (Fsp3) is 0.312. The van der Waals surface area contributed by atoms with Crippen LogP contribution in [-0.2, 0) is 4.74 Å². The highest BCUT2D eigenvalue weighted by Gasteiger charge is 2.43. The Hall–Kier alpha value is -3.19. The number of aromatic amines is 1. The largest absolute Gasteiger partial charge is 0.394 e. The summed E-state index contributed by atoms with van der Waals surface area (Å²) in [5, 5.41) is 35.4. The number of hydrogen-bond acceptors (Lipinski definition) is 10. The maximum Gasteiger partial charge on any atom is 0.167 e. The van der Waals surface area contributed by atoms with Crippen LogP contribution in [0.1, 0.15) is 6.23 Å². The van der Waals surface area contributed by atoms with Gasteiger partial charge in [0.15, 0.2) is 17.7 Å². The van der Waals surface area contributed by atoms with Crippen LogP contribution >= 0.6 is 0 Å². The molecular weight excluding hydrogens is 368 g/mol. The number of hydrogen-bond donors (Lipinski definition) is 5. The summed E-state index contributed by atoms with van der Waals surface area (Å²) in [5.74, 6) is 0.218. The molecule has 5 heterocycles. The molecule has 4 aromatic rings. The summed E-state index contributed by atoms with van der Waals surface area (Å²) in [7, 11) is 0. The third-order valence-corrected chi connectivity index (χ3v) is 4.39. The van der Waals surface area contributed by atoms with E-state index in [4.69, 9.17) is 15.6 Å². The second-order valence-corrected chi connectivity index (χ2v) is 6.12. The Kier molecular flexibility index (Phi) is 4.83. The van der Waals surface area contributed by atoms with E-state index in [0.717, 1.165) is 11.0 Å². The maximum atomic E-state index is 9.95. The Bertz CT molecular complexity index is 1050. The molecule has 0 saturated carbocycles. The summed E-state index contributed by atoms with van der Waals surface area (Å²) in [5.41, 5.74) is 8.34. The van der Waals surface area contributed by atoms with Crippen molar-refractivity contribution >= 4 is 28.0 Å². The van der Waals surface area contributed by atoms with Gasteiger partial charge in [0.1, 0.15) is 35.7 Å². The molecule has 0 aromatic carbocycles. The number of nitrogen functional groups attached to an aromatic ring is 1. The van der Waals surface area contributed by atoms with Crippen molar-refractivity contribution < 1.29 is 20.1 Å². The zero-order valence-corrected chi connectivity index (χ0v) is 14.5. The zero-order chi connectivity index (χ0) is 19.7. The van der Waals surface area contributed by atoms with Gasteiger partial charge in [0, 0.05) is 6.20 Å². The van der Waals surface area contributed by atoms with Crippen molar-refractivity contribution in [2.45, 2.75) is 24.5 Å². The van der Waals surface area contributed by atoms with E-state index in [9.17, 15) is 10.2 Å². The van der Waals surface area contributed by atoms with Gasteiger partial charge in [-0.15, -0.1) is 0 Å². The SMILES string of the molecule is Nc1ncnc2c1ncn2[C@@H]1O[C@H](CO)[C@@H](O)[C@H]1O.c1cnc2cn[nH]c2c1. The van der Waals surface area contributed by atoms with Crippen molar-refractivity contribution in [3.8, 4) is 0 Å². The van der Waals surface area contributed by atoms with E-state index < -0.39 is 31.1 Å². The Balaban J connectivity index is 0.000000177. The number of anilines is 1. The van der Waals surface area contributed by atoms with Crippen LogP contribution in [0, 0.1) is 0 Å². The number of aliphatic hydroxyl groups excluding tert-OH is 3. The number of nitrogens with two attached hydrogens (primary N) is 1.